The van der Waals surface area contributed by atoms with Gasteiger partial charge in [-0.15, -0.1) is 0 Å². The van der Waals surface area contributed by atoms with Crippen LogP contribution in [0.4, 0.5) is 5.69 Å². The number of aliphatic hydroxyl groups is 1. The highest BCUT2D eigenvalue weighted by Crippen LogP contribution is 2.29. The molecular formula is C15H22N2O3. The predicted molar refractivity (Wildman–Crippen MR) is 77.4 cm³/mol. The normalized spacial score (nSPS) is 22.4. The third-order valence-corrected chi connectivity index (χ3v) is 4.14. The van der Waals surface area contributed by atoms with Crippen molar-refractivity contribution in [2.24, 2.45) is 11.8 Å². The van der Waals surface area contributed by atoms with Crippen LogP contribution in [0, 0.1) is 11.8 Å². The molecule has 2 unspecified atom stereocenters. The molecule has 20 heavy (non-hydrogen) atoms. The van der Waals surface area contributed by atoms with Crippen LogP contribution in [-0.4, -0.2) is 29.3 Å². The van der Waals surface area contributed by atoms with Crippen LogP contribution < -0.4 is 11.1 Å². The summed E-state index contributed by atoms with van der Waals surface area (Å²) >= 11 is 0. The summed E-state index contributed by atoms with van der Waals surface area (Å²) in [6, 6.07) is 4.74. The molecule has 1 aliphatic carbocycles. The van der Waals surface area contributed by atoms with Gasteiger partial charge < -0.3 is 21.3 Å². The van der Waals surface area contributed by atoms with Crippen molar-refractivity contribution in [2.45, 2.75) is 25.7 Å². The number of carbonyl (C=O) groups excluding carboxylic acids is 1. The van der Waals surface area contributed by atoms with Crippen LogP contribution in [0.1, 0.15) is 36.0 Å². The minimum absolute atomic E-state index is 0.171. The fourth-order valence-corrected chi connectivity index (χ4v) is 2.86. The molecular weight excluding hydrogens is 256 g/mol. The standard InChI is InChI=1S/C15H22N2O3/c16-13-7-3-6-12(14(13)19)15(20)17-8-10-4-1-2-5-11(10)9-18/h3,6-7,10-11,18-19H,1-2,4-5,8-9,16H2,(H,17,20). The lowest BCUT2D eigenvalue weighted by Gasteiger charge is -2.30. The first-order valence-electron chi connectivity index (χ1n) is 7.10. The minimum Gasteiger partial charge on any atom is -0.505 e. The van der Waals surface area contributed by atoms with Gasteiger partial charge in [-0.3, -0.25) is 4.79 Å². The van der Waals surface area contributed by atoms with Gasteiger partial charge in [0.05, 0.1) is 11.3 Å². The average molecular weight is 278 g/mol. The van der Waals surface area contributed by atoms with E-state index < -0.39 is 0 Å². The van der Waals surface area contributed by atoms with Crippen molar-refractivity contribution in [2.75, 3.05) is 18.9 Å². The third-order valence-electron chi connectivity index (χ3n) is 4.14. The molecule has 0 aromatic heterocycles. The van der Waals surface area contributed by atoms with E-state index in [-0.39, 0.29) is 35.4 Å². The van der Waals surface area contributed by atoms with Gasteiger partial charge in [0, 0.05) is 13.2 Å². The number of carbonyl (C=O) groups is 1. The summed E-state index contributed by atoms with van der Waals surface area (Å²) in [7, 11) is 0. The van der Waals surface area contributed by atoms with Crippen LogP contribution in [0.25, 0.3) is 0 Å². The van der Waals surface area contributed by atoms with Crippen LogP contribution in [0.15, 0.2) is 18.2 Å². The first kappa shape index (κ1) is 14.7. The molecule has 0 bridgehead atoms. The third kappa shape index (κ3) is 3.22. The van der Waals surface area contributed by atoms with Gasteiger partial charge in [0.25, 0.3) is 5.91 Å². The lowest BCUT2D eigenvalue weighted by atomic mass is 9.79. The van der Waals surface area contributed by atoms with Crippen LogP contribution in [0.3, 0.4) is 0 Å². The number of anilines is 1. The molecule has 0 saturated heterocycles. The maximum Gasteiger partial charge on any atom is 0.255 e. The minimum atomic E-state index is -0.322. The summed E-state index contributed by atoms with van der Waals surface area (Å²) < 4.78 is 0. The molecule has 1 aliphatic rings. The van der Waals surface area contributed by atoms with E-state index in [0.717, 1.165) is 25.7 Å². The van der Waals surface area contributed by atoms with Crippen molar-refractivity contribution in [1.29, 1.82) is 0 Å². The Morgan fingerprint density at radius 2 is 2.00 bits per heavy atom. The second kappa shape index (κ2) is 6.61. The quantitative estimate of drug-likeness (QED) is 0.496. The Morgan fingerprint density at radius 1 is 1.30 bits per heavy atom. The van der Waals surface area contributed by atoms with E-state index in [1.807, 2.05) is 0 Å². The van der Waals surface area contributed by atoms with E-state index in [1.54, 1.807) is 18.2 Å². The second-order valence-corrected chi connectivity index (χ2v) is 5.44. The number of hydrogen-bond acceptors (Lipinski definition) is 4. The number of aliphatic hydroxyl groups excluding tert-OH is 1. The molecule has 2 rings (SSSR count). The molecule has 0 heterocycles. The lowest BCUT2D eigenvalue weighted by Crippen LogP contribution is -2.35. The summed E-state index contributed by atoms with van der Waals surface area (Å²) in [4.78, 5) is 12.1. The van der Waals surface area contributed by atoms with Crippen molar-refractivity contribution >= 4 is 11.6 Å². The number of rotatable bonds is 4. The van der Waals surface area contributed by atoms with Gasteiger partial charge >= 0.3 is 0 Å². The van der Waals surface area contributed by atoms with Crippen LogP contribution in [0.5, 0.6) is 5.75 Å². The summed E-state index contributed by atoms with van der Waals surface area (Å²) in [5.74, 6) is 0.0730. The number of para-hydroxylation sites is 1. The Labute approximate surface area is 118 Å². The molecule has 0 radical (unpaired) electrons. The number of hydrogen-bond donors (Lipinski definition) is 4. The molecule has 1 aromatic rings. The van der Waals surface area contributed by atoms with Crippen LogP contribution in [0.2, 0.25) is 0 Å². The highest BCUT2D eigenvalue weighted by Gasteiger charge is 2.25. The highest BCUT2D eigenvalue weighted by atomic mass is 16.3. The largest absolute Gasteiger partial charge is 0.505 e. The van der Waals surface area contributed by atoms with E-state index in [2.05, 4.69) is 5.32 Å². The van der Waals surface area contributed by atoms with Gasteiger partial charge in [0.2, 0.25) is 0 Å². The number of phenolic OH excluding ortho intramolecular Hbond substituents is 1. The van der Waals surface area contributed by atoms with E-state index in [4.69, 9.17) is 5.73 Å². The average Bonchev–Trinajstić information content (AvgIpc) is 2.48. The summed E-state index contributed by atoms with van der Waals surface area (Å²) in [5, 5.41) is 22.0. The van der Waals surface area contributed by atoms with Crippen LogP contribution in [-0.2, 0) is 0 Å². The van der Waals surface area contributed by atoms with E-state index in [1.165, 1.54) is 0 Å². The van der Waals surface area contributed by atoms with Gasteiger partial charge in [-0.2, -0.15) is 0 Å². The number of nitrogen functional groups attached to an aromatic ring is 1. The first-order valence-corrected chi connectivity index (χ1v) is 7.10. The molecule has 110 valence electrons. The zero-order chi connectivity index (χ0) is 14.5. The smallest absolute Gasteiger partial charge is 0.255 e. The Morgan fingerprint density at radius 3 is 2.70 bits per heavy atom. The monoisotopic (exact) mass is 278 g/mol. The molecule has 5 nitrogen and oxygen atoms in total. The Bertz CT molecular complexity index is 476. The maximum absolute atomic E-state index is 12.1. The molecule has 1 amide bonds. The fourth-order valence-electron chi connectivity index (χ4n) is 2.86. The van der Waals surface area contributed by atoms with Crippen LogP contribution >= 0.6 is 0 Å². The van der Waals surface area contributed by atoms with E-state index in [0.29, 0.717) is 12.5 Å². The van der Waals surface area contributed by atoms with Gasteiger partial charge in [-0.25, -0.2) is 0 Å². The fraction of sp³-hybridized carbons (Fsp3) is 0.533. The number of phenols is 1. The van der Waals surface area contributed by atoms with Gasteiger partial charge in [-0.05, 0) is 36.8 Å². The zero-order valence-electron chi connectivity index (χ0n) is 11.5. The van der Waals surface area contributed by atoms with Crippen molar-refractivity contribution in [3.63, 3.8) is 0 Å². The summed E-state index contributed by atoms with van der Waals surface area (Å²) in [6.45, 7) is 0.697. The lowest BCUT2D eigenvalue weighted by molar-refractivity contribution is 0.0907. The summed E-state index contributed by atoms with van der Waals surface area (Å²) in [5.41, 5.74) is 5.97. The Hall–Kier alpha value is -1.75. The number of nitrogens with two attached hydrogens (primary N) is 1. The Kier molecular flexibility index (Phi) is 4.84. The Balaban J connectivity index is 1.96. The topological polar surface area (TPSA) is 95.6 Å². The highest BCUT2D eigenvalue weighted by molar-refractivity contribution is 5.98. The SMILES string of the molecule is Nc1cccc(C(=O)NCC2CCCCC2CO)c1O. The molecule has 1 fully saturated rings. The van der Waals surface area contributed by atoms with Crippen molar-refractivity contribution < 1.29 is 15.0 Å². The second-order valence-electron chi connectivity index (χ2n) is 5.44. The number of benzene rings is 1. The number of amides is 1. The molecule has 0 spiro atoms. The molecule has 0 aliphatic heterocycles. The molecule has 2 atom stereocenters. The molecule has 1 saturated carbocycles. The molecule has 5 heteroatoms. The molecule has 5 N–H and O–H groups in total. The molecule has 1 aromatic carbocycles. The van der Waals surface area contributed by atoms with Crippen molar-refractivity contribution in [1.82, 2.24) is 5.32 Å². The van der Waals surface area contributed by atoms with Crippen molar-refractivity contribution in [3.8, 4) is 5.75 Å². The van der Waals surface area contributed by atoms with Gasteiger partial charge in [-0.1, -0.05) is 18.9 Å². The van der Waals surface area contributed by atoms with E-state index in [9.17, 15) is 15.0 Å². The first-order chi connectivity index (χ1) is 9.63. The van der Waals surface area contributed by atoms with E-state index >= 15 is 0 Å². The number of nitrogens with one attached hydrogen (secondary N) is 1. The van der Waals surface area contributed by atoms with Gasteiger partial charge in [0.15, 0.2) is 5.75 Å². The van der Waals surface area contributed by atoms with Gasteiger partial charge in [0.1, 0.15) is 0 Å². The maximum atomic E-state index is 12.1. The predicted octanol–water partition coefficient (Wildman–Crippen LogP) is 1.50. The summed E-state index contributed by atoms with van der Waals surface area (Å²) in [6.07, 6.45) is 4.32. The zero-order valence-corrected chi connectivity index (χ0v) is 11.5. The number of aromatic hydroxyl groups is 1. The van der Waals surface area contributed by atoms with Crippen molar-refractivity contribution in [3.05, 3.63) is 23.8 Å².